The summed E-state index contributed by atoms with van der Waals surface area (Å²) in [5.74, 6) is -0.560. The Balaban J connectivity index is 3.06. The SMILES string of the molecule is CCC(CN)C(=O)Nc1ccccc1S(=O)(=O)CC. The fraction of sp³-hybridized carbons (Fsp3) is 0.462. The summed E-state index contributed by atoms with van der Waals surface area (Å²) in [4.78, 5) is 12.1. The van der Waals surface area contributed by atoms with Crippen molar-refractivity contribution in [3.05, 3.63) is 24.3 Å². The molecule has 0 saturated carbocycles. The largest absolute Gasteiger partial charge is 0.330 e. The van der Waals surface area contributed by atoms with Crippen LogP contribution in [0.4, 0.5) is 5.69 Å². The van der Waals surface area contributed by atoms with Gasteiger partial charge in [0, 0.05) is 6.54 Å². The number of nitrogens with two attached hydrogens (primary N) is 1. The zero-order chi connectivity index (χ0) is 14.5. The van der Waals surface area contributed by atoms with E-state index in [1.807, 2.05) is 6.92 Å². The van der Waals surface area contributed by atoms with Gasteiger partial charge in [0.05, 0.1) is 22.3 Å². The summed E-state index contributed by atoms with van der Waals surface area (Å²) < 4.78 is 23.9. The van der Waals surface area contributed by atoms with Gasteiger partial charge in [-0.3, -0.25) is 4.79 Å². The predicted molar refractivity (Wildman–Crippen MR) is 75.6 cm³/mol. The topological polar surface area (TPSA) is 89.3 Å². The molecule has 0 spiro atoms. The van der Waals surface area contributed by atoms with Gasteiger partial charge in [-0.15, -0.1) is 0 Å². The van der Waals surface area contributed by atoms with Gasteiger partial charge in [0.15, 0.2) is 9.84 Å². The van der Waals surface area contributed by atoms with Crippen molar-refractivity contribution in [2.24, 2.45) is 11.7 Å². The van der Waals surface area contributed by atoms with Crippen LogP contribution in [0.3, 0.4) is 0 Å². The van der Waals surface area contributed by atoms with Gasteiger partial charge in [-0.25, -0.2) is 8.42 Å². The number of rotatable bonds is 6. The number of benzene rings is 1. The van der Waals surface area contributed by atoms with E-state index in [0.717, 1.165) is 0 Å². The molecule has 1 atom stereocenters. The van der Waals surface area contributed by atoms with Crippen LogP contribution < -0.4 is 11.1 Å². The fourth-order valence-corrected chi connectivity index (χ4v) is 2.74. The summed E-state index contributed by atoms with van der Waals surface area (Å²) in [5, 5.41) is 2.65. The molecule has 0 fully saturated rings. The number of hydrogen-bond acceptors (Lipinski definition) is 4. The van der Waals surface area contributed by atoms with Gasteiger partial charge >= 0.3 is 0 Å². The molecule has 1 amide bonds. The highest BCUT2D eigenvalue weighted by molar-refractivity contribution is 7.91. The maximum Gasteiger partial charge on any atom is 0.228 e. The minimum Gasteiger partial charge on any atom is -0.330 e. The van der Waals surface area contributed by atoms with Crippen molar-refractivity contribution < 1.29 is 13.2 Å². The Kier molecular flexibility index (Phi) is 5.50. The molecular formula is C13H20N2O3S. The maximum absolute atomic E-state index is 12.0. The van der Waals surface area contributed by atoms with Crippen LogP contribution in [0.5, 0.6) is 0 Å². The third-order valence-corrected chi connectivity index (χ3v) is 4.79. The molecule has 0 aliphatic heterocycles. The highest BCUT2D eigenvalue weighted by Crippen LogP contribution is 2.22. The van der Waals surface area contributed by atoms with Crippen LogP contribution in [0.1, 0.15) is 20.3 Å². The molecule has 1 rings (SSSR count). The summed E-state index contributed by atoms with van der Waals surface area (Å²) in [6, 6.07) is 6.41. The molecule has 1 aromatic carbocycles. The first-order valence-electron chi connectivity index (χ1n) is 6.29. The lowest BCUT2D eigenvalue weighted by Crippen LogP contribution is -2.29. The fourth-order valence-electron chi connectivity index (χ4n) is 1.69. The quantitative estimate of drug-likeness (QED) is 0.826. The molecule has 0 radical (unpaired) electrons. The molecule has 6 heteroatoms. The van der Waals surface area contributed by atoms with E-state index in [-0.39, 0.29) is 29.0 Å². The second kappa shape index (κ2) is 6.68. The Morgan fingerprint density at radius 1 is 1.32 bits per heavy atom. The smallest absolute Gasteiger partial charge is 0.228 e. The van der Waals surface area contributed by atoms with Crippen LogP contribution in [0.15, 0.2) is 29.2 Å². The Morgan fingerprint density at radius 3 is 2.47 bits per heavy atom. The number of hydrogen-bond donors (Lipinski definition) is 2. The number of carbonyl (C=O) groups is 1. The number of carbonyl (C=O) groups excluding carboxylic acids is 1. The summed E-state index contributed by atoms with van der Waals surface area (Å²) in [5.41, 5.74) is 5.83. The predicted octanol–water partition coefficient (Wildman–Crippen LogP) is 1.40. The van der Waals surface area contributed by atoms with Crippen LogP contribution >= 0.6 is 0 Å². The van der Waals surface area contributed by atoms with Crippen molar-refractivity contribution in [2.75, 3.05) is 17.6 Å². The molecule has 3 N–H and O–H groups in total. The zero-order valence-corrected chi connectivity index (χ0v) is 12.0. The van der Waals surface area contributed by atoms with Crippen LogP contribution in [0, 0.1) is 5.92 Å². The molecular weight excluding hydrogens is 264 g/mol. The Bertz CT molecular complexity index is 537. The molecule has 0 heterocycles. The first-order valence-corrected chi connectivity index (χ1v) is 7.94. The van der Waals surface area contributed by atoms with E-state index in [4.69, 9.17) is 5.73 Å². The Morgan fingerprint density at radius 2 is 1.95 bits per heavy atom. The molecule has 19 heavy (non-hydrogen) atoms. The van der Waals surface area contributed by atoms with Crippen LogP contribution in [0.25, 0.3) is 0 Å². The number of nitrogens with one attached hydrogen (secondary N) is 1. The molecule has 0 bridgehead atoms. The van der Waals surface area contributed by atoms with E-state index in [1.165, 1.54) is 6.07 Å². The van der Waals surface area contributed by atoms with Crippen LogP contribution in [-0.4, -0.2) is 26.6 Å². The minimum atomic E-state index is -3.36. The third kappa shape index (κ3) is 3.78. The number of sulfone groups is 1. The lowest BCUT2D eigenvalue weighted by molar-refractivity contribution is -0.119. The lowest BCUT2D eigenvalue weighted by atomic mass is 10.1. The van der Waals surface area contributed by atoms with Crippen molar-refractivity contribution in [2.45, 2.75) is 25.2 Å². The standard InChI is InChI=1S/C13H20N2O3S/c1-3-10(9-14)13(16)15-11-7-5-6-8-12(11)19(17,18)4-2/h5-8,10H,3-4,9,14H2,1-2H3,(H,15,16). The second-order valence-corrected chi connectivity index (χ2v) is 6.48. The van der Waals surface area contributed by atoms with Gasteiger partial charge in [0.1, 0.15) is 0 Å². The Hall–Kier alpha value is -1.40. The van der Waals surface area contributed by atoms with Gasteiger partial charge < -0.3 is 11.1 Å². The third-order valence-electron chi connectivity index (χ3n) is 3.01. The van der Waals surface area contributed by atoms with Gasteiger partial charge in [-0.05, 0) is 18.6 Å². The molecule has 1 unspecified atom stereocenters. The average Bonchev–Trinajstić information content (AvgIpc) is 2.40. The average molecular weight is 284 g/mol. The van der Waals surface area contributed by atoms with E-state index in [9.17, 15) is 13.2 Å². The van der Waals surface area contributed by atoms with E-state index in [0.29, 0.717) is 12.1 Å². The second-order valence-electron chi connectivity index (χ2n) is 4.23. The van der Waals surface area contributed by atoms with Crippen LogP contribution in [-0.2, 0) is 14.6 Å². The molecule has 0 aliphatic carbocycles. The van der Waals surface area contributed by atoms with E-state index in [2.05, 4.69) is 5.32 Å². The highest BCUT2D eigenvalue weighted by atomic mass is 32.2. The van der Waals surface area contributed by atoms with Crippen molar-refractivity contribution in [1.29, 1.82) is 0 Å². The zero-order valence-electron chi connectivity index (χ0n) is 11.2. The maximum atomic E-state index is 12.0. The highest BCUT2D eigenvalue weighted by Gasteiger charge is 2.20. The molecule has 106 valence electrons. The Labute approximate surface area is 114 Å². The van der Waals surface area contributed by atoms with Gasteiger partial charge in [-0.2, -0.15) is 0 Å². The van der Waals surface area contributed by atoms with Crippen LogP contribution in [0.2, 0.25) is 0 Å². The number of anilines is 1. The summed E-state index contributed by atoms with van der Waals surface area (Å²) >= 11 is 0. The number of amides is 1. The van der Waals surface area contributed by atoms with E-state index >= 15 is 0 Å². The molecule has 0 aromatic heterocycles. The summed E-state index contributed by atoms with van der Waals surface area (Å²) in [6.45, 7) is 3.68. The van der Waals surface area contributed by atoms with Crippen molar-refractivity contribution in [3.8, 4) is 0 Å². The normalized spacial score (nSPS) is 13.0. The molecule has 1 aromatic rings. The van der Waals surface area contributed by atoms with Crippen molar-refractivity contribution >= 4 is 21.4 Å². The molecule has 5 nitrogen and oxygen atoms in total. The van der Waals surface area contributed by atoms with E-state index < -0.39 is 9.84 Å². The number of para-hydroxylation sites is 1. The van der Waals surface area contributed by atoms with E-state index in [1.54, 1.807) is 25.1 Å². The molecule has 0 aliphatic rings. The lowest BCUT2D eigenvalue weighted by Gasteiger charge is -2.15. The first kappa shape index (κ1) is 15.7. The minimum absolute atomic E-state index is 0.00597. The summed E-state index contributed by atoms with van der Waals surface area (Å²) in [7, 11) is -3.36. The summed E-state index contributed by atoms with van der Waals surface area (Å²) in [6.07, 6.45) is 0.616. The van der Waals surface area contributed by atoms with Gasteiger partial charge in [0.25, 0.3) is 0 Å². The molecule has 0 saturated heterocycles. The van der Waals surface area contributed by atoms with Crippen molar-refractivity contribution in [3.63, 3.8) is 0 Å². The van der Waals surface area contributed by atoms with Crippen molar-refractivity contribution in [1.82, 2.24) is 0 Å². The van der Waals surface area contributed by atoms with Gasteiger partial charge in [0.2, 0.25) is 5.91 Å². The monoisotopic (exact) mass is 284 g/mol. The van der Waals surface area contributed by atoms with Gasteiger partial charge in [-0.1, -0.05) is 26.0 Å². The first-order chi connectivity index (χ1) is 8.96.